The van der Waals surface area contributed by atoms with E-state index >= 15 is 0 Å². The van der Waals surface area contributed by atoms with E-state index in [1.807, 2.05) is 0 Å². The van der Waals surface area contributed by atoms with Crippen LogP contribution in [0.4, 0.5) is 0 Å². The number of esters is 2. The highest BCUT2D eigenvalue weighted by molar-refractivity contribution is 7.89. The molecule has 0 N–H and O–H groups in total. The smallest absolute Gasteiger partial charge is 0.347 e. The lowest BCUT2D eigenvalue weighted by Crippen LogP contribution is -2.35. The molecule has 0 amide bonds. The van der Waals surface area contributed by atoms with Crippen LogP contribution in [-0.4, -0.2) is 50.0 Å². The summed E-state index contributed by atoms with van der Waals surface area (Å²) in [6.07, 6.45) is 1.54. The normalized spacial score (nSPS) is 24.3. The van der Waals surface area contributed by atoms with Crippen molar-refractivity contribution in [3.63, 3.8) is 0 Å². The van der Waals surface area contributed by atoms with Crippen molar-refractivity contribution in [2.75, 3.05) is 13.1 Å². The van der Waals surface area contributed by atoms with Gasteiger partial charge < -0.3 is 9.47 Å². The van der Waals surface area contributed by atoms with Gasteiger partial charge in [0.2, 0.25) is 16.1 Å². The Bertz CT molecular complexity index is 819. The maximum atomic E-state index is 12.8. The second-order valence-electron chi connectivity index (χ2n) is 6.48. The summed E-state index contributed by atoms with van der Waals surface area (Å²) in [6.45, 7) is 2.61. The SMILES string of the molecule is C[C@@H]1C[C@@H](OC(=O)c2cc(S(=O)(=O)N3CCCCC3)ccc2Cl)C(=O)O1. The average molecular weight is 402 g/mol. The minimum Gasteiger partial charge on any atom is -0.460 e. The first kappa shape index (κ1) is 19.1. The number of rotatable bonds is 4. The van der Waals surface area contributed by atoms with Gasteiger partial charge in [-0.3, -0.25) is 0 Å². The van der Waals surface area contributed by atoms with Crippen molar-refractivity contribution >= 4 is 33.6 Å². The Morgan fingerprint density at radius 3 is 2.58 bits per heavy atom. The van der Waals surface area contributed by atoms with Gasteiger partial charge in [0.25, 0.3) is 0 Å². The highest BCUT2D eigenvalue weighted by Crippen LogP contribution is 2.27. The number of sulfonamides is 1. The van der Waals surface area contributed by atoms with E-state index in [0.717, 1.165) is 19.3 Å². The van der Waals surface area contributed by atoms with E-state index in [9.17, 15) is 18.0 Å². The van der Waals surface area contributed by atoms with E-state index in [1.54, 1.807) is 6.92 Å². The number of carbonyl (C=O) groups excluding carboxylic acids is 2. The molecule has 3 rings (SSSR count). The Balaban J connectivity index is 1.83. The van der Waals surface area contributed by atoms with E-state index in [-0.39, 0.29) is 28.0 Å². The molecule has 1 aromatic carbocycles. The highest BCUT2D eigenvalue weighted by atomic mass is 35.5. The molecule has 26 heavy (non-hydrogen) atoms. The monoisotopic (exact) mass is 401 g/mol. The molecule has 0 spiro atoms. The summed E-state index contributed by atoms with van der Waals surface area (Å²) in [5.41, 5.74) is -0.0860. The Kier molecular flexibility index (Phi) is 5.55. The standard InChI is InChI=1S/C17H20ClNO6S/c1-11-9-15(17(21)24-11)25-16(20)13-10-12(5-6-14(13)18)26(22,23)19-7-3-2-4-8-19/h5-6,10-11,15H,2-4,7-9H2,1H3/t11-,15-/m1/s1. The molecule has 142 valence electrons. The lowest BCUT2D eigenvalue weighted by Gasteiger charge is -2.26. The summed E-state index contributed by atoms with van der Waals surface area (Å²) in [5.74, 6) is -1.46. The molecule has 0 aliphatic carbocycles. The van der Waals surface area contributed by atoms with Crippen molar-refractivity contribution in [2.45, 2.75) is 49.7 Å². The number of carbonyl (C=O) groups is 2. The van der Waals surface area contributed by atoms with Crippen molar-refractivity contribution in [3.05, 3.63) is 28.8 Å². The summed E-state index contributed by atoms with van der Waals surface area (Å²) in [4.78, 5) is 24.0. The molecule has 0 unspecified atom stereocenters. The van der Waals surface area contributed by atoms with Gasteiger partial charge in [0.15, 0.2) is 0 Å². The topological polar surface area (TPSA) is 90.0 Å². The summed E-state index contributed by atoms with van der Waals surface area (Å²) in [7, 11) is -3.71. The summed E-state index contributed by atoms with van der Waals surface area (Å²) in [6, 6.07) is 3.93. The Hall–Kier alpha value is -1.64. The number of ether oxygens (including phenoxy) is 2. The first-order valence-corrected chi connectivity index (χ1v) is 10.3. The molecular weight excluding hydrogens is 382 g/mol. The van der Waals surface area contributed by atoms with Crippen LogP contribution in [0, 0.1) is 0 Å². The number of benzene rings is 1. The van der Waals surface area contributed by atoms with Crippen molar-refractivity contribution in [3.8, 4) is 0 Å². The number of cyclic esters (lactones) is 1. The first-order valence-electron chi connectivity index (χ1n) is 8.50. The maximum Gasteiger partial charge on any atom is 0.347 e. The molecule has 0 aromatic heterocycles. The van der Waals surface area contributed by atoms with Gasteiger partial charge in [0.05, 0.1) is 15.5 Å². The lowest BCUT2D eigenvalue weighted by molar-refractivity contribution is -0.147. The van der Waals surface area contributed by atoms with Crippen LogP contribution in [-0.2, 0) is 24.3 Å². The van der Waals surface area contributed by atoms with Gasteiger partial charge in [-0.15, -0.1) is 0 Å². The van der Waals surface area contributed by atoms with Crippen LogP contribution in [0.1, 0.15) is 43.0 Å². The molecule has 0 radical (unpaired) electrons. The maximum absolute atomic E-state index is 12.8. The zero-order chi connectivity index (χ0) is 18.9. The number of nitrogens with zero attached hydrogens (tertiary/aromatic N) is 1. The molecule has 9 heteroatoms. The Labute approximate surface area is 157 Å². The van der Waals surface area contributed by atoms with Gasteiger partial charge in [-0.1, -0.05) is 18.0 Å². The van der Waals surface area contributed by atoms with E-state index in [4.69, 9.17) is 21.1 Å². The molecule has 2 heterocycles. The highest BCUT2D eigenvalue weighted by Gasteiger charge is 2.36. The number of hydrogen-bond acceptors (Lipinski definition) is 6. The van der Waals surface area contributed by atoms with Crippen LogP contribution in [0.2, 0.25) is 5.02 Å². The van der Waals surface area contributed by atoms with Crippen LogP contribution in [0.15, 0.2) is 23.1 Å². The first-order chi connectivity index (χ1) is 12.3. The predicted molar refractivity (Wildman–Crippen MR) is 93.4 cm³/mol. The number of hydrogen-bond donors (Lipinski definition) is 0. The van der Waals surface area contributed by atoms with Gasteiger partial charge in [-0.05, 0) is 38.0 Å². The molecule has 0 bridgehead atoms. The molecule has 7 nitrogen and oxygen atoms in total. The Morgan fingerprint density at radius 1 is 1.27 bits per heavy atom. The quantitative estimate of drug-likeness (QED) is 0.719. The second kappa shape index (κ2) is 7.54. The van der Waals surface area contributed by atoms with Crippen LogP contribution in [0.3, 0.4) is 0 Å². The summed E-state index contributed by atoms with van der Waals surface area (Å²) >= 11 is 6.05. The van der Waals surface area contributed by atoms with Crippen LogP contribution in [0.25, 0.3) is 0 Å². The third-order valence-corrected chi connectivity index (χ3v) is 6.71. The zero-order valence-electron chi connectivity index (χ0n) is 14.3. The minimum atomic E-state index is -3.71. The van der Waals surface area contributed by atoms with Crippen molar-refractivity contribution in [1.82, 2.24) is 4.31 Å². The van der Waals surface area contributed by atoms with Crippen LogP contribution in [0.5, 0.6) is 0 Å². The average Bonchev–Trinajstić information content (AvgIpc) is 2.93. The molecule has 2 aliphatic heterocycles. The van der Waals surface area contributed by atoms with E-state index in [2.05, 4.69) is 0 Å². The van der Waals surface area contributed by atoms with Crippen molar-refractivity contribution in [2.24, 2.45) is 0 Å². The van der Waals surface area contributed by atoms with E-state index in [1.165, 1.54) is 22.5 Å². The minimum absolute atomic E-state index is 0.0156. The molecule has 2 atom stereocenters. The van der Waals surface area contributed by atoms with Crippen molar-refractivity contribution in [1.29, 1.82) is 0 Å². The molecule has 0 saturated carbocycles. The fourth-order valence-electron chi connectivity index (χ4n) is 3.08. The lowest BCUT2D eigenvalue weighted by atomic mass is 10.2. The fraction of sp³-hybridized carbons (Fsp3) is 0.529. The molecule has 2 saturated heterocycles. The largest absolute Gasteiger partial charge is 0.460 e. The van der Waals surface area contributed by atoms with Gasteiger partial charge in [0, 0.05) is 19.5 Å². The third-order valence-electron chi connectivity index (χ3n) is 4.49. The third kappa shape index (κ3) is 3.87. The van der Waals surface area contributed by atoms with E-state index in [0.29, 0.717) is 13.1 Å². The van der Waals surface area contributed by atoms with Crippen LogP contribution >= 0.6 is 11.6 Å². The van der Waals surface area contributed by atoms with Gasteiger partial charge in [0.1, 0.15) is 6.10 Å². The van der Waals surface area contributed by atoms with Crippen molar-refractivity contribution < 1.29 is 27.5 Å². The number of piperidine rings is 1. The Morgan fingerprint density at radius 2 is 1.96 bits per heavy atom. The van der Waals surface area contributed by atoms with Gasteiger partial charge >= 0.3 is 11.9 Å². The molecule has 2 aliphatic rings. The molecular formula is C17H20ClNO6S. The molecule has 2 fully saturated rings. The second-order valence-corrected chi connectivity index (χ2v) is 8.83. The summed E-state index contributed by atoms with van der Waals surface area (Å²) < 4.78 is 37.1. The van der Waals surface area contributed by atoms with Gasteiger partial charge in [-0.2, -0.15) is 4.31 Å². The zero-order valence-corrected chi connectivity index (χ0v) is 15.9. The predicted octanol–water partition coefficient (Wildman–Crippen LogP) is 2.38. The van der Waals surface area contributed by atoms with Gasteiger partial charge in [-0.25, -0.2) is 18.0 Å². The van der Waals surface area contributed by atoms with Crippen LogP contribution < -0.4 is 0 Å². The number of halogens is 1. The van der Waals surface area contributed by atoms with E-state index < -0.39 is 28.1 Å². The fourth-order valence-corrected chi connectivity index (χ4v) is 4.82. The summed E-state index contributed by atoms with van der Waals surface area (Å²) in [5, 5.41) is 0.0620. The molecule has 1 aromatic rings.